The molecule has 1 saturated carbocycles. The molecule has 19 heavy (non-hydrogen) atoms. The van der Waals surface area contributed by atoms with E-state index in [1.807, 2.05) is 30.3 Å². The number of rotatable bonds is 5. The molecule has 0 bridgehead atoms. The van der Waals surface area contributed by atoms with Gasteiger partial charge in [0.1, 0.15) is 0 Å². The highest BCUT2D eigenvalue weighted by Gasteiger charge is 2.20. The van der Waals surface area contributed by atoms with E-state index < -0.39 is 0 Å². The Bertz CT molecular complexity index is 391. The van der Waals surface area contributed by atoms with E-state index in [9.17, 15) is 4.79 Å². The smallest absolute Gasteiger partial charge is 0.238 e. The van der Waals surface area contributed by atoms with Gasteiger partial charge in [-0.2, -0.15) is 0 Å². The maximum absolute atomic E-state index is 11.8. The molecule has 0 aliphatic heterocycles. The Morgan fingerprint density at radius 3 is 2.68 bits per heavy atom. The first-order valence-corrected chi connectivity index (χ1v) is 7.31. The molecule has 1 aliphatic rings. The number of anilines is 1. The van der Waals surface area contributed by atoms with E-state index in [4.69, 9.17) is 0 Å². The molecule has 0 radical (unpaired) electrons. The van der Waals surface area contributed by atoms with E-state index >= 15 is 0 Å². The van der Waals surface area contributed by atoms with Gasteiger partial charge >= 0.3 is 0 Å². The highest BCUT2D eigenvalue weighted by atomic mass is 16.1. The zero-order chi connectivity index (χ0) is 13.5. The quantitative estimate of drug-likeness (QED) is 0.854. The first-order valence-electron chi connectivity index (χ1n) is 7.31. The SMILES string of the molecule is CC1CCCCC1CNCC(=O)Nc1ccccc1. The molecule has 2 rings (SSSR count). The number of nitrogens with one attached hydrogen (secondary N) is 2. The normalized spacial score (nSPS) is 23.0. The Balaban J connectivity index is 1.66. The Hall–Kier alpha value is -1.35. The molecular formula is C16H24N2O. The zero-order valence-corrected chi connectivity index (χ0v) is 11.7. The molecule has 0 aromatic heterocycles. The van der Waals surface area contributed by atoms with Crippen LogP contribution in [0.3, 0.4) is 0 Å². The highest BCUT2D eigenvalue weighted by molar-refractivity contribution is 5.92. The molecule has 2 N–H and O–H groups in total. The third-order valence-corrected chi connectivity index (χ3v) is 4.04. The van der Waals surface area contributed by atoms with Crippen LogP contribution in [0.1, 0.15) is 32.6 Å². The van der Waals surface area contributed by atoms with E-state index in [0.29, 0.717) is 6.54 Å². The van der Waals surface area contributed by atoms with Gasteiger partial charge in [0.15, 0.2) is 0 Å². The third kappa shape index (κ3) is 4.67. The van der Waals surface area contributed by atoms with Crippen molar-refractivity contribution in [1.29, 1.82) is 0 Å². The Morgan fingerprint density at radius 2 is 1.95 bits per heavy atom. The minimum Gasteiger partial charge on any atom is -0.325 e. The monoisotopic (exact) mass is 260 g/mol. The largest absolute Gasteiger partial charge is 0.325 e. The Morgan fingerprint density at radius 1 is 1.21 bits per heavy atom. The van der Waals surface area contributed by atoms with Crippen LogP contribution in [0.25, 0.3) is 0 Å². The summed E-state index contributed by atoms with van der Waals surface area (Å²) in [4.78, 5) is 11.8. The molecule has 3 heteroatoms. The summed E-state index contributed by atoms with van der Waals surface area (Å²) in [5, 5.41) is 6.18. The molecule has 1 aliphatic carbocycles. The van der Waals surface area contributed by atoms with Gasteiger partial charge in [-0.1, -0.05) is 44.4 Å². The summed E-state index contributed by atoms with van der Waals surface area (Å²) in [5.41, 5.74) is 0.861. The maximum atomic E-state index is 11.8. The van der Waals surface area contributed by atoms with E-state index in [0.717, 1.165) is 24.1 Å². The first-order chi connectivity index (χ1) is 9.25. The molecule has 0 saturated heterocycles. The van der Waals surface area contributed by atoms with Gasteiger partial charge in [-0.15, -0.1) is 0 Å². The molecule has 3 nitrogen and oxygen atoms in total. The number of para-hydroxylation sites is 1. The van der Waals surface area contributed by atoms with Crippen LogP contribution in [0.2, 0.25) is 0 Å². The van der Waals surface area contributed by atoms with Crippen LogP contribution in [0.4, 0.5) is 5.69 Å². The van der Waals surface area contributed by atoms with E-state index in [-0.39, 0.29) is 5.91 Å². The summed E-state index contributed by atoms with van der Waals surface area (Å²) < 4.78 is 0. The molecule has 2 unspecified atom stereocenters. The lowest BCUT2D eigenvalue weighted by Crippen LogP contribution is -2.34. The Labute approximate surface area is 115 Å². The lowest BCUT2D eigenvalue weighted by atomic mass is 9.80. The minimum absolute atomic E-state index is 0.0367. The first kappa shape index (κ1) is 14.1. The summed E-state index contributed by atoms with van der Waals surface area (Å²) in [7, 11) is 0. The number of hydrogen-bond donors (Lipinski definition) is 2. The molecular weight excluding hydrogens is 236 g/mol. The minimum atomic E-state index is 0.0367. The fourth-order valence-electron chi connectivity index (χ4n) is 2.79. The summed E-state index contributed by atoms with van der Waals surface area (Å²) in [6.07, 6.45) is 5.34. The van der Waals surface area contributed by atoms with Gasteiger partial charge in [-0.25, -0.2) is 0 Å². The van der Waals surface area contributed by atoms with Crippen molar-refractivity contribution in [3.8, 4) is 0 Å². The van der Waals surface area contributed by atoms with Crippen molar-refractivity contribution in [3.63, 3.8) is 0 Å². The standard InChI is InChI=1S/C16H24N2O/c1-13-7-5-6-8-14(13)11-17-12-16(19)18-15-9-3-2-4-10-15/h2-4,9-10,13-14,17H,5-8,11-12H2,1H3,(H,18,19). The second-order valence-corrected chi connectivity index (χ2v) is 5.57. The van der Waals surface area contributed by atoms with Gasteiger partial charge in [-0.3, -0.25) is 4.79 Å². The zero-order valence-electron chi connectivity index (χ0n) is 11.7. The van der Waals surface area contributed by atoms with Crippen molar-refractivity contribution in [2.24, 2.45) is 11.8 Å². The molecule has 1 aromatic rings. The number of carbonyl (C=O) groups is 1. The summed E-state index contributed by atoms with van der Waals surface area (Å²) in [5.74, 6) is 1.56. The third-order valence-electron chi connectivity index (χ3n) is 4.04. The molecule has 1 aromatic carbocycles. The van der Waals surface area contributed by atoms with Crippen molar-refractivity contribution < 1.29 is 4.79 Å². The van der Waals surface area contributed by atoms with Crippen LogP contribution in [-0.4, -0.2) is 19.0 Å². The van der Waals surface area contributed by atoms with E-state index in [1.54, 1.807) is 0 Å². The van der Waals surface area contributed by atoms with Gasteiger partial charge in [0, 0.05) is 5.69 Å². The molecule has 1 amide bonds. The van der Waals surface area contributed by atoms with Crippen LogP contribution in [0.15, 0.2) is 30.3 Å². The predicted octanol–water partition coefficient (Wildman–Crippen LogP) is 3.04. The molecule has 0 heterocycles. The summed E-state index contributed by atoms with van der Waals surface area (Å²) in [6.45, 7) is 3.69. The van der Waals surface area contributed by atoms with Crippen molar-refractivity contribution in [1.82, 2.24) is 5.32 Å². The van der Waals surface area contributed by atoms with Crippen molar-refractivity contribution in [2.45, 2.75) is 32.6 Å². The molecule has 0 spiro atoms. The Kier molecular flexibility index (Phi) is 5.40. The van der Waals surface area contributed by atoms with Crippen LogP contribution < -0.4 is 10.6 Å². The van der Waals surface area contributed by atoms with Crippen molar-refractivity contribution in [3.05, 3.63) is 30.3 Å². The predicted molar refractivity (Wildman–Crippen MR) is 79.1 cm³/mol. The number of amides is 1. The summed E-state index contributed by atoms with van der Waals surface area (Å²) >= 11 is 0. The average molecular weight is 260 g/mol. The van der Waals surface area contributed by atoms with Gasteiger partial charge in [0.05, 0.1) is 6.54 Å². The van der Waals surface area contributed by atoms with Crippen LogP contribution in [0.5, 0.6) is 0 Å². The van der Waals surface area contributed by atoms with E-state index in [1.165, 1.54) is 25.7 Å². The number of carbonyl (C=O) groups excluding carboxylic acids is 1. The maximum Gasteiger partial charge on any atom is 0.238 e. The fraction of sp³-hybridized carbons (Fsp3) is 0.562. The van der Waals surface area contributed by atoms with Gasteiger partial charge in [0.25, 0.3) is 0 Å². The molecule has 2 atom stereocenters. The lowest BCUT2D eigenvalue weighted by molar-refractivity contribution is -0.115. The second-order valence-electron chi connectivity index (χ2n) is 5.57. The van der Waals surface area contributed by atoms with Gasteiger partial charge in [0.2, 0.25) is 5.91 Å². The fourth-order valence-corrected chi connectivity index (χ4v) is 2.79. The summed E-state index contributed by atoms with van der Waals surface area (Å²) in [6, 6.07) is 9.60. The van der Waals surface area contributed by atoms with Crippen LogP contribution in [-0.2, 0) is 4.79 Å². The topological polar surface area (TPSA) is 41.1 Å². The van der Waals surface area contributed by atoms with Crippen LogP contribution >= 0.6 is 0 Å². The van der Waals surface area contributed by atoms with Gasteiger partial charge < -0.3 is 10.6 Å². The second kappa shape index (κ2) is 7.29. The van der Waals surface area contributed by atoms with E-state index in [2.05, 4.69) is 17.6 Å². The lowest BCUT2D eigenvalue weighted by Gasteiger charge is -2.28. The number of hydrogen-bond acceptors (Lipinski definition) is 2. The van der Waals surface area contributed by atoms with Crippen molar-refractivity contribution >= 4 is 11.6 Å². The van der Waals surface area contributed by atoms with Crippen molar-refractivity contribution in [2.75, 3.05) is 18.4 Å². The molecule has 104 valence electrons. The number of benzene rings is 1. The molecule has 1 fully saturated rings. The van der Waals surface area contributed by atoms with Crippen LogP contribution in [0, 0.1) is 11.8 Å². The average Bonchev–Trinajstić information content (AvgIpc) is 2.42. The highest BCUT2D eigenvalue weighted by Crippen LogP contribution is 2.28. The van der Waals surface area contributed by atoms with Gasteiger partial charge in [-0.05, 0) is 36.9 Å².